The second kappa shape index (κ2) is 5.40. The molecule has 1 heterocycles. The van der Waals surface area contributed by atoms with Crippen molar-refractivity contribution in [2.75, 3.05) is 0 Å². The summed E-state index contributed by atoms with van der Waals surface area (Å²) in [4.78, 5) is 4.60. The molecule has 3 rings (SSSR count). The molecule has 19 heavy (non-hydrogen) atoms. The molecule has 1 heteroatoms. The SMILES string of the molecule is CCCCCc1cccc2ncc3ccccc3c12. The lowest BCUT2D eigenvalue weighted by atomic mass is 9.98. The van der Waals surface area contributed by atoms with Crippen molar-refractivity contribution in [3.63, 3.8) is 0 Å². The van der Waals surface area contributed by atoms with E-state index in [1.54, 1.807) is 0 Å². The zero-order chi connectivity index (χ0) is 13.1. The summed E-state index contributed by atoms with van der Waals surface area (Å²) in [7, 11) is 0. The third-order valence-electron chi connectivity index (χ3n) is 3.75. The Morgan fingerprint density at radius 1 is 0.947 bits per heavy atom. The van der Waals surface area contributed by atoms with Crippen molar-refractivity contribution in [3.8, 4) is 0 Å². The number of fused-ring (bicyclic) bond motifs is 3. The molecule has 0 bridgehead atoms. The highest BCUT2D eigenvalue weighted by Crippen LogP contribution is 2.27. The molecular formula is C18H19N. The molecule has 0 saturated heterocycles. The number of aryl methyl sites for hydroxylation is 1. The van der Waals surface area contributed by atoms with E-state index in [-0.39, 0.29) is 0 Å². The highest BCUT2D eigenvalue weighted by molar-refractivity contribution is 6.07. The predicted octanol–water partition coefficient (Wildman–Crippen LogP) is 5.12. The highest BCUT2D eigenvalue weighted by atomic mass is 14.6. The van der Waals surface area contributed by atoms with Gasteiger partial charge in [0.25, 0.3) is 0 Å². The molecule has 0 aliphatic rings. The smallest absolute Gasteiger partial charge is 0.0711 e. The largest absolute Gasteiger partial charge is 0.256 e. The maximum Gasteiger partial charge on any atom is 0.0711 e. The first-order valence-corrected chi connectivity index (χ1v) is 7.15. The summed E-state index contributed by atoms with van der Waals surface area (Å²) >= 11 is 0. The third kappa shape index (κ3) is 2.33. The topological polar surface area (TPSA) is 12.9 Å². The Balaban J connectivity index is 2.18. The van der Waals surface area contributed by atoms with Crippen molar-refractivity contribution in [1.29, 1.82) is 0 Å². The number of hydrogen-bond donors (Lipinski definition) is 0. The lowest BCUT2D eigenvalue weighted by Crippen LogP contribution is -1.90. The minimum atomic E-state index is 1.12. The minimum Gasteiger partial charge on any atom is -0.256 e. The van der Waals surface area contributed by atoms with E-state index in [1.807, 2.05) is 6.20 Å². The van der Waals surface area contributed by atoms with Crippen LogP contribution in [0.4, 0.5) is 0 Å². The summed E-state index contributed by atoms with van der Waals surface area (Å²) in [6.07, 6.45) is 6.96. The van der Waals surface area contributed by atoms with Crippen LogP contribution in [0.1, 0.15) is 31.7 Å². The van der Waals surface area contributed by atoms with Gasteiger partial charge in [-0.05, 0) is 29.9 Å². The molecule has 2 aromatic carbocycles. The number of benzene rings is 2. The molecule has 1 nitrogen and oxygen atoms in total. The standard InChI is InChI=1S/C18H19N/c1-2-3-4-8-14-10-7-12-17-18(14)16-11-6-5-9-15(16)13-19-17/h5-7,9-13H,2-4,8H2,1H3. The van der Waals surface area contributed by atoms with Crippen molar-refractivity contribution in [3.05, 3.63) is 54.2 Å². The average molecular weight is 249 g/mol. The van der Waals surface area contributed by atoms with Crippen LogP contribution in [0.3, 0.4) is 0 Å². The number of rotatable bonds is 4. The summed E-state index contributed by atoms with van der Waals surface area (Å²) in [5.74, 6) is 0. The Morgan fingerprint density at radius 3 is 2.74 bits per heavy atom. The van der Waals surface area contributed by atoms with Crippen LogP contribution in [0.5, 0.6) is 0 Å². The molecule has 0 unspecified atom stereocenters. The van der Waals surface area contributed by atoms with E-state index >= 15 is 0 Å². The Bertz CT molecular complexity index is 700. The van der Waals surface area contributed by atoms with Gasteiger partial charge in [-0.2, -0.15) is 0 Å². The molecule has 96 valence electrons. The first-order valence-electron chi connectivity index (χ1n) is 7.15. The van der Waals surface area contributed by atoms with Gasteiger partial charge in [-0.3, -0.25) is 4.98 Å². The first-order chi connectivity index (χ1) is 9.40. The van der Waals surface area contributed by atoms with Gasteiger partial charge in [0, 0.05) is 17.0 Å². The molecule has 0 aliphatic carbocycles. The average Bonchev–Trinajstić information content (AvgIpc) is 2.47. The Labute approximate surface area is 114 Å². The predicted molar refractivity (Wildman–Crippen MR) is 82.5 cm³/mol. The summed E-state index contributed by atoms with van der Waals surface area (Å²) in [6, 6.07) is 15.1. The molecule has 3 aromatic rings. The van der Waals surface area contributed by atoms with E-state index in [1.165, 1.54) is 41.0 Å². The maximum atomic E-state index is 4.60. The van der Waals surface area contributed by atoms with Crippen molar-refractivity contribution in [1.82, 2.24) is 4.98 Å². The Hall–Kier alpha value is -1.89. The van der Waals surface area contributed by atoms with Gasteiger partial charge in [0.2, 0.25) is 0 Å². The number of hydrogen-bond acceptors (Lipinski definition) is 1. The fourth-order valence-electron chi connectivity index (χ4n) is 2.76. The van der Waals surface area contributed by atoms with Crippen molar-refractivity contribution in [2.24, 2.45) is 0 Å². The Morgan fingerprint density at radius 2 is 1.84 bits per heavy atom. The van der Waals surface area contributed by atoms with Crippen LogP contribution < -0.4 is 0 Å². The fourth-order valence-corrected chi connectivity index (χ4v) is 2.76. The van der Waals surface area contributed by atoms with E-state index in [2.05, 4.69) is 54.4 Å². The molecule has 0 saturated carbocycles. The molecule has 0 N–H and O–H groups in total. The van der Waals surface area contributed by atoms with Crippen molar-refractivity contribution >= 4 is 21.7 Å². The zero-order valence-corrected chi connectivity index (χ0v) is 11.4. The van der Waals surface area contributed by atoms with Crippen LogP contribution in [-0.2, 0) is 6.42 Å². The lowest BCUT2D eigenvalue weighted by Gasteiger charge is -2.09. The summed E-state index contributed by atoms with van der Waals surface area (Å²) < 4.78 is 0. The van der Waals surface area contributed by atoms with Crippen LogP contribution in [0.2, 0.25) is 0 Å². The van der Waals surface area contributed by atoms with E-state index in [0.717, 1.165) is 11.9 Å². The third-order valence-corrected chi connectivity index (χ3v) is 3.75. The molecule has 1 aromatic heterocycles. The van der Waals surface area contributed by atoms with Crippen LogP contribution in [0, 0.1) is 0 Å². The van der Waals surface area contributed by atoms with Crippen LogP contribution in [0.15, 0.2) is 48.7 Å². The van der Waals surface area contributed by atoms with Gasteiger partial charge in [0.15, 0.2) is 0 Å². The molecule has 0 spiro atoms. The number of pyridine rings is 1. The maximum absolute atomic E-state index is 4.60. The number of unbranched alkanes of at least 4 members (excludes halogenated alkanes) is 2. The minimum absolute atomic E-state index is 1.12. The molecule has 0 aliphatic heterocycles. The van der Waals surface area contributed by atoms with Gasteiger partial charge in [0.05, 0.1) is 5.52 Å². The normalized spacial score (nSPS) is 11.2. The van der Waals surface area contributed by atoms with Gasteiger partial charge < -0.3 is 0 Å². The van der Waals surface area contributed by atoms with E-state index in [0.29, 0.717) is 0 Å². The summed E-state index contributed by atoms with van der Waals surface area (Å²) in [5.41, 5.74) is 2.56. The van der Waals surface area contributed by atoms with Crippen molar-refractivity contribution in [2.45, 2.75) is 32.6 Å². The molecular weight excluding hydrogens is 230 g/mol. The molecule has 0 amide bonds. The lowest BCUT2D eigenvalue weighted by molar-refractivity contribution is 0.720. The van der Waals surface area contributed by atoms with Crippen LogP contribution in [-0.4, -0.2) is 4.98 Å². The van der Waals surface area contributed by atoms with E-state index < -0.39 is 0 Å². The second-order valence-corrected chi connectivity index (χ2v) is 5.11. The summed E-state index contributed by atoms with van der Waals surface area (Å²) in [5, 5.41) is 3.91. The summed E-state index contributed by atoms with van der Waals surface area (Å²) in [6.45, 7) is 2.25. The molecule has 0 atom stereocenters. The quantitative estimate of drug-likeness (QED) is 0.462. The Kier molecular flexibility index (Phi) is 3.45. The number of nitrogens with zero attached hydrogens (tertiary/aromatic N) is 1. The molecule has 0 fully saturated rings. The van der Waals surface area contributed by atoms with Gasteiger partial charge in [-0.25, -0.2) is 0 Å². The number of aromatic nitrogens is 1. The van der Waals surface area contributed by atoms with Gasteiger partial charge >= 0.3 is 0 Å². The van der Waals surface area contributed by atoms with Gasteiger partial charge in [-0.15, -0.1) is 0 Å². The van der Waals surface area contributed by atoms with Gasteiger partial charge in [0.1, 0.15) is 0 Å². The van der Waals surface area contributed by atoms with E-state index in [4.69, 9.17) is 0 Å². The van der Waals surface area contributed by atoms with Crippen molar-refractivity contribution < 1.29 is 0 Å². The van der Waals surface area contributed by atoms with Crippen LogP contribution in [0.25, 0.3) is 21.7 Å². The first kappa shape index (κ1) is 12.2. The zero-order valence-electron chi connectivity index (χ0n) is 11.4. The van der Waals surface area contributed by atoms with Crippen LogP contribution >= 0.6 is 0 Å². The van der Waals surface area contributed by atoms with Gasteiger partial charge in [-0.1, -0.05) is 56.2 Å². The van der Waals surface area contributed by atoms with E-state index in [9.17, 15) is 0 Å². The highest BCUT2D eigenvalue weighted by Gasteiger charge is 2.06. The second-order valence-electron chi connectivity index (χ2n) is 5.11. The monoisotopic (exact) mass is 249 g/mol. The molecule has 0 radical (unpaired) electrons. The fraction of sp³-hybridized carbons (Fsp3) is 0.278.